The molecule has 5 heteroatoms. The zero-order valence-electron chi connectivity index (χ0n) is 12.9. The molecule has 1 aromatic carbocycles. The lowest BCUT2D eigenvalue weighted by Crippen LogP contribution is -2.43. The monoisotopic (exact) mass is 329 g/mol. The highest BCUT2D eigenvalue weighted by atomic mass is 35.5. The highest BCUT2D eigenvalue weighted by Gasteiger charge is 2.32. The van der Waals surface area contributed by atoms with Gasteiger partial charge in [-0.05, 0) is 30.4 Å². The molecule has 0 spiro atoms. The maximum Gasteiger partial charge on any atom is 0.175 e. The van der Waals surface area contributed by atoms with Crippen LogP contribution in [0.2, 0.25) is 5.02 Å². The van der Waals surface area contributed by atoms with E-state index in [4.69, 9.17) is 11.6 Å². The molecule has 2 rings (SSSR count). The lowest BCUT2D eigenvalue weighted by atomic mass is 9.73. The summed E-state index contributed by atoms with van der Waals surface area (Å²) in [6.45, 7) is 5.04. The molecular weight excluding hydrogens is 306 g/mol. The number of benzene rings is 1. The number of sulfone groups is 1. The van der Waals surface area contributed by atoms with E-state index in [1.165, 1.54) is 25.5 Å². The Morgan fingerprint density at radius 3 is 2.67 bits per heavy atom. The van der Waals surface area contributed by atoms with Crippen LogP contribution in [0.4, 0.5) is 0 Å². The third-order valence-electron chi connectivity index (χ3n) is 4.51. The van der Waals surface area contributed by atoms with Crippen LogP contribution in [0, 0.1) is 5.41 Å². The zero-order chi connectivity index (χ0) is 15.7. The van der Waals surface area contributed by atoms with Crippen molar-refractivity contribution in [3.8, 4) is 0 Å². The maximum absolute atomic E-state index is 11.9. The minimum Gasteiger partial charge on any atom is -0.309 e. The second-order valence-corrected chi connectivity index (χ2v) is 9.05. The number of hydrogen-bond acceptors (Lipinski definition) is 3. The van der Waals surface area contributed by atoms with Crippen molar-refractivity contribution in [1.29, 1.82) is 0 Å². The van der Waals surface area contributed by atoms with Crippen LogP contribution in [0.15, 0.2) is 23.1 Å². The standard InChI is InChI=1S/C16H24ClNO2S/c1-16(2)10-5-4-9-15(16)18-11-12-13(17)7-6-8-14(12)21(3,19)20/h6-8,15,18H,4-5,9-11H2,1-3H3. The Morgan fingerprint density at radius 2 is 2.05 bits per heavy atom. The van der Waals surface area contributed by atoms with E-state index >= 15 is 0 Å². The molecule has 1 saturated carbocycles. The van der Waals surface area contributed by atoms with E-state index in [1.807, 2.05) is 0 Å². The molecule has 0 radical (unpaired) electrons. The number of rotatable bonds is 4. The van der Waals surface area contributed by atoms with E-state index in [9.17, 15) is 8.42 Å². The van der Waals surface area contributed by atoms with Crippen molar-refractivity contribution in [2.24, 2.45) is 5.41 Å². The summed E-state index contributed by atoms with van der Waals surface area (Å²) < 4.78 is 23.8. The lowest BCUT2D eigenvalue weighted by Gasteiger charge is -2.39. The Balaban J connectivity index is 2.20. The molecule has 1 aliphatic rings. The van der Waals surface area contributed by atoms with Gasteiger partial charge in [0, 0.05) is 29.4 Å². The predicted molar refractivity (Wildman–Crippen MR) is 87.4 cm³/mol. The summed E-state index contributed by atoms with van der Waals surface area (Å²) >= 11 is 6.22. The third-order valence-corrected chi connectivity index (χ3v) is 6.04. The van der Waals surface area contributed by atoms with Gasteiger partial charge in [0.25, 0.3) is 0 Å². The molecule has 1 aliphatic carbocycles. The molecule has 0 saturated heterocycles. The Hall–Kier alpha value is -0.580. The van der Waals surface area contributed by atoms with Gasteiger partial charge in [0.05, 0.1) is 4.90 Å². The average molecular weight is 330 g/mol. The third kappa shape index (κ3) is 3.99. The molecule has 118 valence electrons. The summed E-state index contributed by atoms with van der Waals surface area (Å²) in [5.41, 5.74) is 0.924. The lowest BCUT2D eigenvalue weighted by molar-refractivity contribution is 0.166. The fourth-order valence-electron chi connectivity index (χ4n) is 3.16. The summed E-state index contributed by atoms with van der Waals surface area (Å²) in [6.07, 6.45) is 6.05. The summed E-state index contributed by atoms with van der Waals surface area (Å²) in [4.78, 5) is 0.330. The molecule has 1 N–H and O–H groups in total. The zero-order valence-corrected chi connectivity index (χ0v) is 14.5. The molecule has 0 amide bonds. The summed E-state index contributed by atoms with van der Waals surface area (Å²) in [5, 5.41) is 4.05. The first-order valence-corrected chi connectivity index (χ1v) is 9.69. The highest BCUT2D eigenvalue weighted by Crippen LogP contribution is 2.36. The molecule has 0 heterocycles. The van der Waals surface area contributed by atoms with Gasteiger partial charge in [-0.3, -0.25) is 0 Å². The first-order valence-electron chi connectivity index (χ1n) is 7.42. The Labute approximate surface area is 133 Å². The number of halogens is 1. The van der Waals surface area contributed by atoms with E-state index in [1.54, 1.807) is 18.2 Å². The predicted octanol–water partition coefficient (Wildman–Crippen LogP) is 3.80. The van der Waals surface area contributed by atoms with Gasteiger partial charge >= 0.3 is 0 Å². The van der Waals surface area contributed by atoms with Crippen molar-refractivity contribution >= 4 is 21.4 Å². The van der Waals surface area contributed by atoms with Gasteiger partial charge in [-0.15, -0.1) is 0 Å². The quantitative estimate of drug-likeness (QED) is 0.913. The Morgan fingerprint density at radius 1 is 1.33 bits per heavy atom. The molecule has 3 nitrogen and oxygen atoms in total. The molecule has 1 aromatic rings. The van der Waals surface area contributed by atoms with Crippen LogP contribution < -0.4 is 5.32 Å². The van der Waals surface area contributed by atoms with Gasteiger partial charge in [0.2, 0.25) is 0 Å². The SMILES string of the molecule is CC1(C)CCCCC1NCc1c(Cl)cccc1S(C)(=O)=O. The molecule has 21 heavy (non-hydrogen) atoms. The first kappa shape index (κ1) is 16.8. The second kappa shape index (κ2) is 6.27. The minimum absolute atomic E-state index is 0.241. The summed E-state index contributed by atoms with van der Waals surface area (Å²) in [6, 6.07) is 5.46. The van der Waals surface area contributed by atoms with E-state index in [-0.39, 0.29) is 5.41 Å². The van der Waals surface area contributed by atoms with Gasteiger partial charge in [0.1, 0.15) is 0 Å². The van der Waals surface area contributed by atoms with Crippen LogP contribution in [0.25, 0.3) is 0 Å². The van der Waals surface area contributed by atoms with Crippen molar-refractivity contribution in [2.75, 3.05) is 6.26 Å². The molecular formula is C16H24ClNO2S. The van der Waals surface area contributed by atoms with Gasteiger partial charge < -0.3 is 5.32 Å². The highest BCUT2D eigenvalue weighted by molar-refractivity contribution is 7.90. The van der Waals surface area contributed by atoms with Crippen molar-refractivity contribution in [1.82, 2.24) is 5.32 Å². The van der Waals surface area contributed by atoms with Crippen molar-refractivity contribution in [3.05, 3.63) is 28.8 Å². The Kier molecular flexibility index (Phi) is 5.01. The fourth-order valence-corrected chi connectivity index (χ4v) is 4.41. The van der Waals surface area contributed by atoms with Crippen LogP contribution >= 0.6 is 11.6 Å². The Bertz CT molecular complexity index is 611. The van der Waals surface area contributed by atoms with Gasteiger partial charge in [-0.2, -0.15) is 0 Å². The largest absolute Gasteiger partial charge is 0.309 e. The molecule has 1 atom stereocenters. The van der Waals surface area contributed by atoms with Crippen LogP contribution in [0.3, 0.4) is 0 Å². The van der Waals surface area contributed by atoms with Crippen molar-refractivity contribution < 1.29 is 8.42 Å². The van der Waals surface area contributed by atoms with Crippen molar-refractivity contribution in [3.63, 3.8) is 0 Å². The molecule has 0 aliphatic heterocycles. The molecule has 0 aromatic heterocycles. The average Bonchev–Trinajstić information content (AvgIpc) is 2.37. The second-order valence-electron chi connectivity index (χ2n) is 6.66. The van der Waals surface area contributed by atoms with E-state index in [2.05, 4.69) is 19.2 Å². The van der Waals surface area contributed by atoms with Gasteiger partial charge in [0.15, 0.2) is 9.84 Å². The van der Waals surface area contributed by atoms with E-state index in [0.29, 0.717) is 28.1 Å². The maximum atomic E-state index is 11.9. The van der Waals surface area contributed by atoms with Gasteiger partial charge in [-0.1, -0.05) is 44.4 Å². The van der Waals surface area contributed by atoms with Crippen LogP contribution in [0.1, 0.15) is 45.1 Å². The summed E-state index contributed by atoms with van der Waals surface area (Å²) in [7, 11) is -3.26. The van der Waals surface area contributed by atoms with Crippen LogP contribution in [-0.2, 0) is 16.4 Å². The van der Waals surface area contributed by atoms with Crippen LogP contribution in [0.5, 0.6) is 0 Å². The number of nitrogens with one attached hydrogen (secondary N) is 1. The first-order chi connectivity index (χ1) is 9.72. The smallest absolute Gasteiger partial charge is 0.175 e. The van der Waals surface area contributed by atoms with Crippen molar-refractivity contribution in [2.45, 2.75) is 57.0 Å². The fraction of sp³-hybridized carbons (Fsp3) is 0.625. The normalized spacial score (nSPS) is 22.2. The minimum atomic E-state index is -3.26. The van der Waals surface area contributed by atoms with Gasteiger partial charge in [-0.25, -0.2) is 8.42 Å². The van der Waals surface area contributed by atoms with E-state index < -0.39 is 9.84 Å². The van der Waals surface area contributed by atoms with E-state index in [0.717, 1.165) is 6.42 Å². The summed E-state index contributed by atoms with van der Waals surface area (Å²) in [5.74, 6) is 0. The molecule has 0 bridgehead atoms. The molecule has 1 unspecified atom stereocenters. The number of hydrogen-bond donors (Lipinski definition) is 1. The van der Waals surface area contributed by atoms with Crippen LogP contribution in [-0.4, -0.2) is 20.7 Å². The molecule has 1 fully saturated rings. The topological polar surface area (TPSA) is 46.2 Å².